The second-order valence-corrected chi connectivity index (χ2v) is 7.95. The summed E-state index contributed by atoms with van der Waals surface area (Å²) >= 11 is 0. The highest BCUT2D eigenvalue weighted by molar-refractivity contribution is 7.92. The summed E-state index contributed by atoms with van der Waals surface area (Å²) in [6, 6.07) is 2.84. The molecule has 0 aliphatic rings. The van der Waals surface area contributed by atoms with Gasteiger partial charge in [-0.05, 0) is 43.0 Å². The van der Waals surface area contributed by atoms with Gasteiger partial charge in [-0.3, -0.25) is 4.72 Å². The summed E-state index contributed by atoms with van der Waals surface area (Å²) in [5, 5.41) is 5.14. The molecule has 0 fully saturated rings. The maximum Gasteiger partial charge on any atom is 0.238 e. The number of sulfonamides is 2. The van der Waals surface area contributed by atoms with Crippen LogP contribution in [0.25, 0.3) is 0 Å². The first-order valence-electron chi connectivity index (χ1n) is 6.33. The first-order chi connectivity index (χ1) is 9.14. The fourth-order valence-electron chi connectivity index (χ4n) is 1.82. The molecule has 0 aliphatic carbocycles. The quantitative estimate of drug-likeness (QED) is 0.821. The predicted octanol–water partition coefficient (Wildman–Crippen LogP) is 1.22. The largest absolute Gasteiger partial charge is 0.283 e. The Morgan fingerprint density at radius 2 is 1.45 bits per heavy atom. The number of aryl methyl sites for hydroxylation is 2. The van der Waals surface area contributed by atoms with E-state index >= 15 is 0 Å². The van der Waals surface area contributed by atoms with Crippen LogP contribution in [-0.4, -0.2) is 22.6 Å². The van der Waals surface area contributed by atoms with Gasteiger partial charge in [-0.1, -0.05) is 13.8 Å². The van der Waals surface area contributed by atoms with Crippen molar-refractivity contribution in [2.75, 3.05) is 10.5 Å². The number of hydrogen-bond acceptors (Lipinski definition) is 4. The van der Waals surface area contributed by atoms with Crippen molar-refractivity contribution in [2.45, 2.75) is 38.5 Å². The van der Waals surface area contributed by atoms with E-state index < -0.39 is 20.0 Å². The van der Waals surface area contributed by atoms with Crippen molar-refractivity contribution < 1.29 is 16.8 Å². The van der Waals surface area contributed by atoms with Gasteiger partial charge in [-0.2, -0.15) is 0 Å². The monoisotopic (exact) mass is 320 g/mol. The molecule has 8 heteroatoms. The molecule has 20 heavy (non-hydrogen) atoms. The van der Waals surface area contributed by atoms with Gasteiger partial charge in [0, 0.05) is 0 Å². The molecule has 0 unspecified atom stereocenters. The van der Waals surface area contributed by atoms with Crippen LogP contribution >= 0.6 is 0 Å². The SMILES string of the molecule is CCc1cc(S(N)(=O)=O)cc(CC)c1NS(=O)(=O)CC. The first-order valence-corrected chi connectivity index (χ1v) is 9.53. The smallest absolute Gasteiger partial charge is 0.238 e. The Morgan fingerprint density at radius 1 is 1.00 bits per heavy atom. The summed E-state index contributed by atoms with van der Waals surface area (Å²) < 4.78 is 48.9. The highest BCUT2D eigenvalue weighted by atomic mass is 32.2. The number of primary sulfonamides is 1. The molecule has 3 N–H and O–H groups in total. The lowest BCUT2D eigenvalue weighted by molar-refractivity contribution is 0.597. The molecular weight excluding hydrogens is 300 g/mol. The molecule has 0 radical (unpaired) electrons. The summed E-state index contributed by atoms with van der Waals surface area (Å²) in [6.07, 6.45) is 0.996. The van der Waals surface area contributed by atoms with Crippen molar-refractivity contribution in [1.29, 1.82) is 0 Å². The Morgan fingerprint density at radius 3 is 1.75 bits per heavy atom. The lowest BCUT2D eigenvalue weighted by Crippen LogP contribution is -2.19. The predicted molar refractivity (Wildman–Crippen MR) is 79.7 cm³/mol. The second kappa shape index (κ2) is 6.11. The minimum Gasteiger partial charge on any atom is -0.283 e. The fraction of sp³-hybridized carbons (Fsp3) is 0.500. The van der Waals surface area contributed by atoms with E-state index in [0.29, 0.717) is 29.7 Å². The van der Waals surface area contributed by atoms with Crippen LogP contribution in [0.5, 0.6) is 0 Å². The highest BCUT2D eigenvalue weighted by Crippen LogP contribution is 2.27. The summed E-state index contributed by atoms with van der Waals surface area (Å²) in [4.78, 5) is 0.00523. The third-order valence-electron chi connectivity index (χ3n) is 3.00. The van der Waals surface area contributed by atoms with E-state index in [-0.39, 0.29) is 10.6 Å². The Labute approximate surface area is 120 Å². The molecule has 0 aromatic heterocycles. The molecule has 1 aromatic rings. The number of nitrogens with one attached hydrogen (secondary N) is 1. The van der Waals surface area contributed by atoms with E-state index in [1.165, 1.54) is 19.1 Å². The van der Waals surface area contributed by atoms with Crippen LogP contribution in [0.4, 0.5) is 5.69 Å². The third kappa shape index (κ3) is 3.94. The zero-order valence-corrected chi connectivity index (χ0v) is 13.4. The van der Waals surface area contributed by atoms with Gasteiger partial charge >= 0.3 is 0 Å². The van der Waals surface area contributed by atoms with Crippen molar-refractivity contribution in [1.82, 2.24) is 0 Å². The molecule has 0 aliphatic heterocycles. The minimum atomic E-state index is -3.81. The zero-order chi connectivity index (χ0) is 15.6. The second-order valence-electron chi connectivity index (χ2n) is 4.37. The van der Waals surface area contributed by atoms with Crippen LogP contribution in [0.3, 0.4) is 0 Å². The van der Waals surface area contributed by atoms with Crippen LogP contribution in [0, 0.1) is 0 Å². The molecule has 0 heterocycles. The summed E-state index contributed by atoms with van der Waals surface area (Å²) in [6.45, 7) is 5.19. The summed E-state index contributed by atoms with van der Waals surface area (Å²) in [5.41, 5.74) is 1.69. The van der Waals surface area contributed by atoms with Crippen LogP contribution in [0.2, 0.25) is 0 Å². The van der Waals surface area contributed by atoms with Gasteiger partial charge in [0.25, 0.3) is 0 Å². The molecule has 0 bridgehead atoms. The Hall–Kier alpha value is -1.12. The van der Waals surface area contributed by atoms with Crippen LogP contribution in [0.15, 0.2) is 17.0 Å². The molecule has 0 saturated heterocycles. The van der Waals surface area contributed by atoms with Gasteiger partial charge in [0.1, 0.15) is 0 Å². The van der Waals surface area contributed by atoms with Gasteiger partial charge < -0.3 is 0 Å². The van der Waals surface area contributed by atoms with Gasteiger partial charge in [-0.25, -0.2) is 22.0 Å². The molecule has 6 nitrogen and oxygen atoms in total. The Balaban J connectivity index is 3.52. The molecule has 0 spiro atoms. The van der Waals surface area contributed by atoms with E-state index in [2.05, 4.69) is 4.72 Å². The minimum absolute atomic E-state index is 0.00523. The topological polar surface area (TPSA) is 106 Å². The number of hydrogen-bond donors (Lipinski definition) is 2. The van der Waals surface area contributed by atoms with E-state index in [1.807, 2.05) is 13.8 Å². The molecule has 0 atom stereocenters. The Kier molecular flexibility index (Phi) is 5.17. The van der Waals surface area contributed by atoms with E-state index in [4.69, 9.17) is 5.14 Å². The molecular formula is C12H20N2O4S2. The average Bonchev–Trinajstić information content (AvgIpc) is 2.37. The molecule has 1 rings (SSSR count). The normalized spacial score (nSPS) is 12.4. The zero-order valence-electron chi connectivity index (χ0n) is 11.8. The van der Waals surface area contributed by atoms with Gasteiger partial charge in [0.05, 0.1) is 16.3 Å². The van der Waals surface area contributed by atoms with Gasteiger partial charge in [0.2, 0.25) is 20.0 Å². The first kappa shape index (κ1) is 16.9. The van der Waals surface area contributed by atoms with Crippen LogP contribution < -0.4 is 9.86 Å². The van der Waals surface area contributed by atoms with E-state index in [9.17, 15) is 16.8 Å². The van der Waals surface area contributed by atoms with Crippen LogP contribution in [0.1, 0.15) is 31.9 Å². The standard InChI is InChI=1S/C12H20N2O4S2/c1-4-9-7-11(20(13,17)18)8-10(5-2)12(9)14-19(15,16)6-3/h7-8,14H,4-6H2,1-3H3,(H2,13,17,18). The maximum absolute atomic E-state index is 11.7. The average molecular weight is 320 g/mol. The van der Waals surface area contributed by atoms with Crippen molar-refractivity contribution >= 4 is 25.7 Å². The van der Waals surface area contributed by atoms with Gasteiger partial charge in [-0.15, -0.1) is 0 Å². The maximum atomic E-state index is 11.7. The van der Waals surface area contributed by atoms with Crippen molar-refractivity contribution in [2.24, 2.45) is 5.14 Å². The van der Waals surface area contributed by atoms with E-state index in [1.54, 1.807) is 0 Å². The number of anilines is 1. The van der Waals surface area contributed by atoms with Crippen molar-refractivity contribution in [3.05, 3.63) is 23.3 Å². The van der Waals surface area contributed by atoms with Crippen LogP contribution in [-0.2, 0) is 32.9 Å². The Bertz CT molecular complexity index is 669. The van der Waals surface area contributed by atoms with Gasteiger partial charge in [0.15, 0.2) is 0 Å². The molecule has 1 aromatic carbocycles. The number of nitrogens with two attached hydrogens (primary N) is 1. The fourth-order valence-corrected chi connectivity index (χ4v) is 3.15. The number of rotatable bonds is 6. The molecule has 114 valence electrons. The molecule has 0 amide bonds. The van der Waals surface area contributed by atoms with Crippen molar-refractivity contribution in [3.8, 4) is 0 Å². The lowest BCUT2D eigenvalue weighted by Gasteiger charge is -2.16. The number of benzene rings is 1. The summed E-state index contributed by atoms with van der Waals surface area (Å²) in [5.74, 6) is -0.0454. The highest BCUT2D eigenvalue weighted by Gasteiger charge is 2.18. The van der Waals surface area contributed by atoms with Crippen molar-refractivity contribution in [3.63, 3.8) is 0 Å². The summed E-state index contributed by atoms with van der Waals surface area (Å²) in [7, 11) is -7.23. The molecule has 0 saturated carbocycles. The van der Waals surface area contributed by atoms with E-state index in [0.717, 1.165) is 0 Å². The lowest BCUT2D eigenvalue weighted by atomic mass is 10.0. The third-order valence-corrected chi connectivity index (χ3v) is 5.17.